The summed E-state index contributed by atoms with van der Waals surface area (Å²) in [4.78, 5) is 23.7. The topological polar surface area (TPSA) is 102 Å². The van der Waals surface area contributed by atoms with E-state index in [1.165, 1.54) is 0 Å². The molecule has 2 aromatic rings. The number of carboxylic acid groups (broad SMARTS) is 1. The summed E-state index contributed by atoms with van der Waals surface area (Å²) in [6.45, 7) is 0. The Bertz CT molecular complexity index is 599. The van der Waals surface area contributed by atoms with E-state index in [0.717, 1.165) is 19.3 Å². The molecule has 0 bridgehead atoms. The van der Waals surface area contributed by atoms with Gasteiger partial charge in [0.05, 0.1) is 11.8 Å². The van der Waals surface area contributed by atoms with Crippen LogP contribution in [0, 0.1) is 5.92 Å². The van der Waals surface area contributed by atoms with Crippen LogP contribution in [-0.2, 0) is 4.79 Å². The van der Waals surface area contributed by atoms with Crippen LogP contribution in [0.5, 0.6) is 0 Å². The third-order valence-corrected chi connectivity index (χ3v) is 3.61. The summed E-state index contributed by atoms with van der Waals surface area (Å²) >= 11 is 0. The highest BCUT2D eigenvalue weighted by Crippen LogP contribution is 2.37. The molecule has 7 nitrogen and oxygen atoms in total. The first-order chi connectivity index (χ1) is 9.75. The molecule has 2 heterocycles. The lowest BCUT2D eigenvalue weighted by molar-refractivity contribution is -0.143. The van der Waals surface area contributed by atoms with Gasteiger partial charge >= 0.3 is 5.97 Å². The van der Waals surface area contributed by atoms with Crippen LogP contribution in [-0.4, -0.2) is 31.2 Å². The Morgan fingerprint density at radius 3 is 2.70 bits per heavy atom. The molecular weight excluding hydrogens is 260 g/mol. The second-order valence-corrected chi connectivity index (χ2v) is 4.86. The van der Waals surface area contributed by atoms with Crippen molar-refractivity contribution < 1.29 is 14.4 Å². The Morgan fingerprint density at radius 1 is 1.20 bits per heavy atom. The number of hydrogen-bond acceptors (Lipinski definition) is 6. The first kappa shape index (κ1) is 12.7. The normalized spacial score (nSPS) is 22.6. The largest absolute Gasteiger partial charge is 0.481 e. The van der Waals surface area contributed by atoms with Crippen LogP contribution in [0.3, 0.4) is 0 Å². The minimum absolute atomic E-state index is 0.216. The molecule has 1 aliphatic carbocycles. The molecule has 0 aromatic carbocycles. The Labute approximate surface area is 115 Å². The maximum absolute atomic E-state index is 11.3. The molecule has 1 aliphatic rings. The highest BCUT2D eigenvalue weighted by molar-refractivity contribution is 5.71. The Kier molecular flexibility index (Phi) is 3.41. The summed E-state index contributed by atoms with van der Waals surface area (Å²) in [5.41, 5.74) is 0. The molecule has 2 unspecified atom stereocenters. The fraction of sp³-hybridized carbons (Fsp3) is 0.462. The zero-order chi connectivity index (χ0) is 13.9. The first-order valence-electron chi connectivity index (χ1n) is 6.59. The third-order valence-electron chi connectivity index (χ3n) is 3.61. The van der Waals surface area contributed by atoms with Gasteiger partial charge in [-0.3, -0.25) is 4.79 Å². The smallest absolute Gasteiger partial charge is 0.307 e. The zero-order valence-corrected chi connectivity index (χ0v) is 10.8. The van der Waals surface area contributed by atoms with E-state index in [0.29, 0.717) is 24.0 Å². The summed E-state index contributed by atoms with van der Waals surface area (Å²) in [5.74, 6) is -0.412. The molecule has 2 atom stereocenters. The van der Waals surface area contributed by atoms with Gasteiger partial charge in [-0.1, -0.05) is 18.0 Å². The minimum Gasteiger partial charge on any atom is -0.481 e. The fourth-order valence-electron chi connectivity index (χ4n) is 2.61. The van der Waals surface area contributed by atoms with Crippen molar-refractivity contribution in [1.82, 2.24) is 20.1 Å². The minimum atomic E-state index is -0.801. The van der Waals surface area contributed by atoms with Crippen molar-refractivity contribution in [3.8, 4) is 11.6 Å². The number of hydrogen-bond donors (Lipinski definition) is 1. The van der Waals surface area contributed by atoms with E-state index in [1.807, 2.05) is 0 Å². The van der Waals surface area contributed by atoms with Gasteiger partial charge in [0.1, 0.15) is 0 Å². The number of carboxylic acids is 1. The van der Waals surface area contributed by atoms with Crippen molar-refractivity contribution in [2.45, 2.75) is 31.6 Å². The predicted octanol–water partition coefficient (Wildman–Crippen LogP) is 1.89. The molecule has 1 N–H and O–H groups in total. The van der Waals surface area contributed by atoms with Crippen molar-refractivity contribution >= 4 is 5.97 Å². The van der Waals surface area contributed by atoms with Crippen molar-refractivity contribution in [3.63, 3.8) is 0 Å². The van der Waals surface area contributed by atoms with Crippen molar-refractivity contribution in [1.29, 1.82) is 0 Å². The summed E-state index contributed by atoms with van der Waals surface area (Å²) < 4.78 is 5.23. The van der Waals surface area contributed by atoms with Gasteiger partial charge in [0.2, 0.25) is 17.5 Å². The average Bonchev–Trinajstić information content (AvgIpc) is 2.98. The molecule has 20 heavy (non-hydrogen) atoms. The third kappa shape index (κ3) is 2.38. The maximum atomic E-state index is 11.3. The second kappa shape index (κ2) is 5.36. The Balaban J connectivity index is 1.87. The number of aromatic nitrogens is 4. The van der Waals surface area contributed by atoms with E-state index >= 15 is 0 Å². The van der Waals surface area contributed by atoms with Crippen LogP contribution >= 0.6 is 0 Å². The molecule has 104 valence electrons. The van der Waals surface area contributed by atoms with Crippen LogP contribution in [0.1, 0.15) is 37.5 Å². The predicted molar refractivity (Wildman–Crippen MR) is 67.7 cm³/mol. The number of aliphatic carboxylic acids is 1. The average molecular weight is 274 g/mol. The fourth-order valence-corrected chi connectivity index (χ4v) is 2.61. The van der Waals surface area contributed by atoms with Crippen LogP contribution in [0.15, 0.2) is 23.0 Å². The summed E-state index contributed by atoms with van der Waals surface area (Å²) in [7, 11) is 0. The number of nitrogens with zero attached hydrogens (tertiary/aromatic N) is 4. The van der Waals surface area contributed by atoms with Gasteiger partial charge in [0.25, 0.3) is 0 Å². The molecule has 7 heteroatoms. The van der Waals surface area contributed by atoms with Crippen molar-refractivity contribution in [2.24, 2.45) is 5.92 Å². The van der Waals surface area contributed by atoms with Crippen LogP contribution in [0.4, 0.5) is 0 Å². The van der Waals surface area contributed by atoms with E-state index in [1.54, 1.807) is 18.5 Å². The standard InChI is InChI=1S/C13H14N4O3/c18-13(19)9-5-2-1-4-8(9)12-16-11(17-20-12)10-14-6-3-7-15-10/h3,6-9H,1-2,4-5H2,(H,18,19). The van der Waals surface area contributed by atoms with Crippen LogP contribution < -0.4 is 0 Å². The van der Waals surface area contributed by atoms with Crippen LogP contribution in [0.25, 0.3) is 11.6 Å². The van der Waals surface area contributed by atoms with E-state index in [2.05, 4.69) is 20.1 Å². The molecule has 3 rings (SSSR count). The van der Waals surface area contributed by atoms with E-state index < -0.39 is 11.9 Å². The molecular formula is C13H14N4O3. The molecule has 0 amide bonds. The lowest BCUT2D eigenvalue weighted by Crippen LogP contribution is -2.25. The maximum Gasteiger partial charge on any atom is 0.307 e. The highest BCUT2D eigenvalue weighted by Gasteiger charge is 2.35. The molecule has 1 saturated carbocycles. The molecule has 2 aromatic heterocycles. The Morgan fingerprint density at radius 2 is 1.95 bits per heavy atom. The lowest BCUT2D eigenvalue weighted by Gasteiger charge is -2.25. The number of carbonyl (C=O) groups is 1. The molecule has 0 spiro atoms. The second-order valence-electron chi connectivity index (χ2n) is 4.86. The van der Waals surface area contributed by atoms with Gasteiger partial charge in [0, 0.05) is 12.4 Å². The van der Waals surface area contributed by atoms with Gasteiger partial charge in [0.15, 0.2) is 0 Å². The van der Waals surface area contributed by atoms with Gasteiger partial charge in [-0.25, -0.2) is 9.97 Å². The quantitative estimate of drug-likeness (QED) is 0.911. The highest BCUT2D eigenvalue weighted by atomic mass is 16.5. The van der Waals surface area contributed by atoms with E-state index in [4.69, 9.17) is 4.52 Å². The van der Waals surface area contributed by atoms with Gasteiger partial charge in [-0.05, 0) is 18.9 Å². The summed E-state index contributed by atoms with van der Waals surface area (Å²) in [5, 5.41) is 13.1. The summed E-state index contributed by atoms with van der Waals surface area (Å²) in [6, 6.07) is 1.70. The van der Waals surface area contributed by atoms with E-state index in [-0.39, 0.29) is 5.92 Å². The molecule has 0 saturated heterocycles. The monoisotopic (exact) mass is 274 g/mol. The zero-order valence-electron chi connectivity index (χ0n) is 10.8. The van der Waals surface area contributed by atoms with Crippen LogP contribution in [0.2, 0.25) is 0 Å². The first-order valence-corrected chi connectivity index (χ1v) is 6.59. The Hall–Kier alpha value is -2.31. The van der Waals surface area contributed by atoms with Gasteiger partial charge in [-0.15, -0.1) is 0 Å². The lowest BCUT2D eigenvalue weighted by atomic mass is 9.79. The number of rotatable bonds is 3. The molecule has 0 aliphatic heterocycles. The SMILES string of the molecule is O=C(O)C1CCCCC1c1nc(-c2ncccn2)no1. The van der Waals surface area contributed by atoms with Crippen molar-refractivity contribution in [2.75, 3.05) is 0 Å². The van der Waals surface area contributed by atoms with Gasteiger partial charge < -0.3 is 9.63 Å². The molecule has 0 radical (unpaired) electrons. The van der Waals surface area contributed by atoms with E-state index in [9.17, 15) is 9.90 Å². The van der Waals surface area contributed by atoms with Gasteiger partial charge in [-0.2, -0.15) is 4.98 Å². The van der Waals surface area contributed by atoms with Crippen molar-refractivity contribution in [3.05, 3.63) is 24.4 Å². The summed E-state index contributed by atoms with van der Waals surface area (Å²) in [6.07, 6.45) is 6.51. The molecule has 1 fully saturated rings.